The van der Waals surface area contributed by atoms with Crippen LogP contribution < -0.4 is 5.73 Å². The second kappa shape index (κ2) is 8.25. The molecule has 86 valence electrons. The maximum atomic E-state index is 5.48. The van der Waals surface area contributed by atoms with E-state index in [9.17, 15) is 0 Å². The van der Waals surface area contributed by atoms with Crippen LogP contribution in [-0.2, 0) is 0 Å². The summed E-state index contributed by atoms with van der Waals surface area (Å²) in [5.74, 6) is 1.68. The summed E-state index contributed by atoms with van der Waals surface area (Å²) in [6.45, 7) is 6.77. The molecule has 0 aromatic rings. The maximum absolute atomic E-state index is 5.48. The second-order valence-electron chi connectivity index (χ2n) is 4.99. The van der Waals surface area contributed by atoms with Gasteiger partial charge in [-0.15, -0.1) is 0 Å². The van der Waals surface area contributed by atoms with E-state index in [-0.39, 0.29) is 0 Å². The molecule has 2 N–H and O–H groups in total. The quantitative estimate of drug-likeness (QED) is 0.609. The minimum atomic E-state index is 0.817. The Hall–Kier alpha value is -0.0800. The number of unbranched alkanes of at least 4 members (excludes halogenated alkanes) is 1. The zero-order valence-corrected chi connectivity index (χ0v) is 10.4. The van der Waals surface area contributed by atoms with Crippen molar-refractivity contribution in [2.24, 2.45) is 17.6 Å². The fraction of sp³-hybridized carbons (Fsp3) is 1.00. The van der Waals surface area contributed by atoms with Crippen molar-refractivity contribution in [1.29, 1.82) is 0 Å². The Morgan fingerprint density at radius 1 is 1.07 bits per heavy atom. The van der Waals surface area contributed by atoms with Gasteiger partial charge in [0.25, 0.3) is 0 Å². The number of rotatable bonds is 8. The van der Waals surface area contributed by atoms with Gasteiger partial charge in [0.05, 0.1) is 0 Å². The molecular formula is C12H28N2. The van der Waals surface area contributed by atoms with E-state index in [2.05, 4.69) is 32.8 Å². The third kappa shape index (κ3) is 8.52. The average Bonchev–Trinajstić information content (AvgIpc) is 2.02. The highest BCUT2D eigenvalue weighted by Crippen LogP contribution is 2.17. The van der Waals surface area contributed by atoms with Crippen LogP contribution >= 0.6 is 0 Å². The summed E-state index contributed by atoms with van der Waals surface area (Å²) in [7, 11) is 4.30. The third-order valence-electron chi connectivity index (χ3n) is 2.63. The molecule has 2 unspecified atom stereocenters. The molecule has 0 aromatic heterocycles. The van der Waals surface area contributed by atoms with Crippen molar-refractivity contribution in [3.63, 3.8) is 0 Å². The Balaban J connectivity index is 3.44. The molecule has 14 heavy (non-hydrogen) atoms. The molecule has 2 heteroatoms. The van der Waals surface area contributed by atoms with E-state index < -0.39 is 0 Å². The smallest absolute Gasteiger partial charge is 0.000102 e. The van der Waals surface area contributed by atoms with Crippen LogP contribution in [0.4, 0.5) is 0 Å². The van der Waals surface area contributed by atoms with Gasteiger partial charge in [0.15, 0.2) is 0 Å². The Kier molecular flexibility index (Phi) is 8.20. The molecule has 0 aliphatic heterocycles. The highest BCUT2D eigenvalue weighted by Gasteiger charge is 2.09. The van der Waals surface area contributed by atoms with Gasteiger partial charge in [-0.2, -0.15) is 0 Å². The van der Waals surface area contributed by atoms with Crippen LogP contribution in [0.15, 0.2) is 0 Å². The van der Waals surface area contributed by atoms with Crippen molar-refractivity contribution in [2.45, 2.75) is 39.5 Å². The van der Waals surface area contributed by atoms with Crippen LogP contribution in [0, 0.1) is 11.8 Å². The molecule has 0 fully saturated rings. The molecule has 2 atom stereocenters. The van der Waals surface area contributed by atoms with Crippen molar-refractivity contribution >= 4 is 0 Å². The van der Waals surface area contributed by atoms with Gasteiger partial charge >= 0.3 is 0 Å². The lowest BCUT2D eigenvalue weighted by Gasteiger charge is -2.20. The van der Waals surface area contributed by atoms with Crippen molar-refractivity contribution in [2.75, 3.05) is 27.2 Å². The van der Waals surface area contributed by atoms with Crippen LogP contribution in [0.5, 0.6) is 0 Å². The normalized spacial score (nSPS) is 15.9. The third-order valence-corrected chi connectivity index (χ3v) is 2.63. The van der Waals surface area contributed by atoms with Gasteiger partial charge in [0, 0.05) is 6.54 Å². The van der Waals surface area contributed by atoms with Gasteiger partial charge < -0.3 is 10.6 Å². The fourth-order valence-corrected chi connectivity index (χ4v) is 2.14. The van der Waals surface area contributed by atoms with Crippen LogP contribution in [0.3, 0.4) is 0 Å². The van der Waals surface area contributed by atoms with Crippen molar-refractivity contribution in [1.82, 2.24) is 4.90 Å². The molecule has 0 heterocycles. The molecule has 2 nitrogen and oxygen atoms in total. The SMILES string of the molecule is CC(CCCCN)CC(C)CN(C)C. The molecule has 0 spiro atoms. The van der Waals surface area contributed by atoms with Crippen molar-refractivity contribution < 1.29 is 0 Å². The predicted octanol–water partition coefficient (Wildman–Crippen LogP) is 2.34. The molecule has 0 saturated carbocycles. The van der Waals surface area contributed by atoms with Gasteiger partial charge in [-0.3, -0.25) is 0 Å². The first kappa shape index (κ1) is 13.9. The standard InChI is InChI=1S/C12H28N2/c1-11(7-5-6-8-13)9-12(2)10-14(3)4/h11-12H,5-10,13H2,1-4H3. The van der Waals surface area contributed by atoms with E-state index in [1.165, 1.54) is 32.2 Å². The lowest BCUT2D eigenvalue weighted by molar-refractivity contribution is 0.292. The topological polar surface area (TPSA) is 29.3 Å². The van der Waals surface area contributed by atoms with E-state index in [0.717, 1.165) is 18.4 Å². The molecule has 0 aromatic carbocycles. The second-order valence-corrected chi connectivity index (χ2v) is 4.99. The molecule has 0 aliphatic carbocycles. The summed E-state index contributed by atoms with van der Waals surface area (Å²) < 4.78 is 0. The number of hydrogen-bond donors (Lipinski definition) is 1. The largest absolute Gasteiger partial charge is 0.330 e. The minimum absolute atomic E-state index is 0.817. The number of hydrogen-bond acceptors (Lipinski definition) is 2. The van der Waals surface area contributed by atoms with E-state index >= 15 is 0 Å². The van der Waals surface area contributed by atoms with E-state index in [1.807, 2.05) is 0 Å². The zero-order valence-electron chi connectivity index (χ0n) is 10.4. The molecule has 0 rings (SSSR count). The van der Waals surface area contributed by atoms with Gasteiger partial charge in [0.1, 0.15) is 0 Å². The van der Waals surface area contributed by atoms with Crippen LogP contribution in [-0.4, -0.2) is 32.1 Å². The summed E-state index contributed by atoms with van der Waals surface area (Å²) in [5, 5.41) is 0. The Bertz CT molecular complexity index is 123. The maximum Gasteiger partial charge on any atom is 0.000102 e. The van der Waals surface area contributed by atoms with Gasteiger partial charge in [-0.1, -0.05) is 26.7 Å². The van der Waals surface area contributed by atoms with Crippen molar-refractivity contribution in [3.05, 3.63) is 0 Å². The molecule has 0 radical (unpaired) electrons. The Labute approximate surface area is 89.9 Å². The summed E-state index contributed by atoms with van der Waals surface area (Å²) in [6.07, 6.45) is 5.18. The zero-order chi connectivity index (χ0) is 11.0. The van der Waals surface area contributed by atoms with Gasteiger partial charge in [-0.05, 0) is 45.3 Å². The summed E-state index contributed by atoms with van der Waals surface area (Å²) in [4.78, 5) is 2.28. The highest BCUT2D eigenvalue weighted by molar-refractivity contribution is 4.62. The Morgan fingerprint density at radius 2 is 1.71 bits per heavy atom. The molecule has 0 bridgehead atoms. The van der Waals surface area contributed by atoms with Crippen molar-refractivity contribution in [3.8, 4) is 0 Å². The lowest BCUT2D eigenvalue weighted by Crippen LogP contribution is -2.21. The number of nitrogens with two attached hydrogens (primary N) is 1. The average molecular weight is 200 g/mol. The first-order chi connectivity index (χ1) is 6.56. The predicted molar refractivity (Wildman–Crippen MR) is 64.4 cm³/mol. The van der Waals surface area contributed by atoms with Crippen LogP contribution in [0.2, 0.25) is 0 Å². The minimum Gasteiger partial charge on any atom is -0.330 e. The van der Waals surface area contributed by atoms with Gasteiger partial charge in [0.2, 0.25) is 0 Å². The first-order valence-electron chi connectivity index (χ1n) is 5.91. The van der Waals surface area contributed by atoms with E-state index in [4.69, 9.17) is 5.73 Å². The summed E-state index contributed by atoms with van der Waals surface area (Å²) in [5.41, 5.74) is 5.48. The van der Waals surface area contributed by atoms with E-state index in [1.54, 1.807) is 0 Å². The van der Waals surface area contributed by atoms with Crippen LogP contribution in [0.25, 0.3) is 0 Å². The Morgan fingerprint density at radius 3 is 2.21 bits per heavy atom. The highest BCUT2D eigenvalue weighted by atomic mass is 15.1. The van der Waals surface area contributed by atoms with E-state index in [0.29, 0.717) is 0 Å². The molecule has 0 aliphatic rings. The number of nitrogens with zero attached hydrogens (tertiary/aromatic N) is 1. The summed E-state index contributed by atoms with van der Waals surface area (Å²) in [6, 6.07) is 0. The molecule has 0 saturated heterocycles. The molecule has 0 amide bonds. The lowest BCUT2D eigenvalue weighted by atomic mass is 9.93. The van der Waals surface area contributed by atoms with Crippen LogP contribution in [0.1, 0.15) is 39.5 Å². The fourth-order valence-electron chi connectivity index (χ4n) is 2.14. The molecular weight excluding hydrogens is 172 g/mol. The monoisotopic (exact) mass is 200 g/mol. The van der Waals surface area contributed by atoms with Gasteiger partial charge in [-0.25, -0.2) is 0 Å². The summed E-state index contributed by atoms with van der Waals surface area (Å²) >= 11 is 0. The first-order valence-corrected chi connectivity index (χ1v) is 5.91.